The van der Waals surface area contributed by atoms with Gasteiger partial charge >= 0.3 is 0 Å². The van der Waals surface area contributed by atoms with Gasteiger partial charge in [0, 0.05) is 18.5 Å². The van der Waals surface area contributed by atoms with E-state index in [-0.39, 0.29) is 0 Å². The van der Waals surface area contributed by atoms with Crippen molar-refractivity contribution in [1.29, 1.82) is 0 Å². The lowest BCUT2D eigenvalue weighted by atomic mass is 9.86. The Morgan fingerprint density at radius 1 is 1.31 bits per heavy atom. The fourth-order valence-electron chi connectivity index (χ4n) is 1.62. The van der Waals surface area contributed by atoms with E-state index in [1.54, 1.807) is 0 Å². The molecule has 0 radical (unpaired) electrons. The van der Waals surface area contributed by atoms with Gasteiger partial charge in [-0.3, -0.25) is 0 Å². The first-order valence-corrected chi connectivity index (χ1v) is 5.12. The molecule has 1 fully saturated rings. The molecule has 1 aliphatic rings. The Labute approximate surface area is 88.0 Å². The molecule has 1 N–H and O–H groups in total. The van der Waals surface area contributed by atoms with Crippen molar-refractivity contribution in [3.8, 4) is 0 Å². The van der Waals surface area contributed by atoms with Gasteiger partial charge in [0.05, 0.1) is 10.0 Å². The summed E-state index contributed by atoms with van der Waals surface area (Å²) in [5.41, 5.74) is 1.28. The van der Waals surface area contributed by atoms with Crippen LogP contribution in [0, 0.1) is 0 Å². The average molecular weight is 216 g/mol. The molecule has 1 nitrogen and oxygen atoms in total. The molecule has 0 bridgehead atoms. The summed E-state index contributed by atoms with van der Waals surface area (Å²) in [7, 11) is 0. The highest BCUT2D eigenvalue weighted by atomic mass is 35.5. The van der Waals surface area contributed by atoms with Crippen LogP contribution in [0.15, 0.2) is 18.2 Å². The summed E-state index contributed by atoms with van der Waals surface area (Å²) in [5.74, 6) is 0.592. The number of hydrogen-bond acceptors (Lipinski definition) is 1. The lowest BCUT2D eigenvalue weighted by Gasteiger charge is -2.36. The third-order valence-corrected chi connectivity index (χ3v) is 3.37. The molecule has 0 aliphatic carbocycles. The third kappa shape index (κ3) is 1.69. The minimum atomic E-state index is 0.553. The summed E-state index contributed by atoms with van der Waals surface area (Å²) < 4.78 is 0. The molecule has 1 saturated heterocycles. The van der Waals surface area contributed by atoms with E-state index in [1.165, 1.54) is 5.56 Å². The van der Waals surface area contributed by atoms with Crippen LogP contribution in [0.5, 0.6) is 0 Å². The Balaban J connectivity index is 2.26. The van der Waals surface area contributed by atoms with E-state index in [9.17, 15) is 0 Å². The monoisotopic (exact) mass is 215 g/mol. The van der Waals surface area contributed by atoms with Crippen molar-refractivity contribution in [1.82, 2.24) is 5.32 Å². The lowest BCUT2D eigenvalue weighted by molar-refractivity contribution is 0.334. The van der Waals surface area contributed by atoms with Gasteiger partial charge in [-0.25, -0.2) is 0 Å². The summed E-state index contributed by atoms with van der Waals surface area (Å²) in [6.45, 7) is 3.22. The number of benzene rings is 1. The van der Waals surface area contributed by atoms with Crippen LogP contribution in [0.1, 0.15) is 18.4 Å². The van der Waals surface area contributed by atoms with Crippen molar-refractivity contribution in [2.45, 2.75) is 18.9 Å². The van der Waals surface area contributed by atoms with Gasteiger partial charge in [-0.15, -0.1) is 0 Å². The molecule has 2 atom stereocenters. The van der Waals surface area contributed by atoms with Crippen molar-refractivity contribution >= 4 is 23.2 Å². The number of halogens is 2. The fourth-order valence-corrected chi connectivity index (χ4v) is 1.93. The highest BCUT2D eigenvalue weighted by Gasteiger charge is 2.27. The van der Waals surface area contributed by atoms with Gasteiger partial charge in [0.1, 0.15) is 0 Å². The smallest absolute Gasteiger partial charge is 0.0595 e. The molecule has 1 aromatic rings. The topological polar surface area (TPSA) is 12.0 Å². The zero-order chi connectivity index (χ0) is 9.42. The Morgan fingerprint density at radius 3 is 2.54 bits per heavy atom. The first-order valence-electron chi connectivity index (χ1n) is 4.37. The molecule has 1 aromatic carbocycles. The highest BCUT2D eigenvalue weighted by Crippen LogP contribution is 2.30. The van der Waals surface area contributed by atoms with E-state index in [0.29, 0.717) is 22.0 Å². The molecule has 2 unspecified atom stereocenters. The maximum absolute atomic E-state index is 5.93. The van der Waals surface area contributed by atoms with Gasteiger partial charge < -0.3 is 5.32 Å². The molecule has 0 spiro atoms. The van der Waals surface area contributed by atoms with Gasteiger partial charge in [0.2, 0.25) is 0 Å². The van der Waals surface area contributed by atoms with E-state index in [4.69, 9.17) is 23.2 Å². The number of nitrogens with one attached hydrogen (secondary N) is 1. The predicted molar refractivity (Wildman–Crippen MR) is 56.7 cm³/mol. The Bertz CT molecular complexity index is 325. The van der Waals surface area contributed by atoms with Crippen molar-refractivity contribution in [3.05, 3.63) is 33.8 Å². The molecule has 13 heavy (non-hydrogen) atoms. The van der Waals surface area contributed by atoms with Crippen molar-refractivity contribution in [3.63, 3.8) is 0 Å². The Hall–Kier alpha value is -0.240. The van der Waals surface area contributed by atoms with Gasteiger partial charge in [0.15, 0.2) is 0 Å². The van der Waals surface area contributed by atoms with Crippen LogP contribution >= 0.6 is 23.2 Å². The summed E-state index contributed by atoms with van der Waals surface area (Å²) in [5, 5.41) is 4.60. The average Bonchev–Trinajstić information content (AvgIpc) is 2.09. The quantitative estimate of drug-likeness (QED) is 0.760. The summed E-state index contributed by atoms with van der Waals surface area (Å²) in [6.07, 6.45) is 0. The van der Waals surface area contributed by atoms with Crippen LogP contribution in [0.25, 0.3) is 0 Å². The van der Waals surface area contributed by atoms with E-state index in [2.05, 4.69) is 18.3 Å². The first kappa shape index (κ1) is 9.32. The Kier molecular flexibility index (Phi) is 2.50. The predicted octanol–water partition coefficient (Wildman–Crippen LogP) is 3.07. The summed E-state index contributed by atoms with van der Waals surface area (Å²) >= 11 is 11.8. The van der Waals surface area contributed by atoms with E-state index >= 15 is 0 Å². The zero-order valence-electron chi connectivity index (χ0n) is 7.35. The number of hydrogen-bond donors (Lipinski definition) is 1. The van der Waals surface area contributed by atoms with Crippen LogP contribution in [0.3, 0.4) is 0 Å². The Morgan fingerprint density at radius 2 is 2.08 bits per heavy atom. The minimum absolute atomic E-state index is 0.553. The SMILES string of the molecule is CC1NCC1c1ccc(Cl)c(Cl)c1. The molecule has 0 amide bonds. The second-order valence-corrected chi connectivity index (χ2v) is 4.29. The first-order chi connectivity index (χ1) is 6.18. The lowest BCUT2D eigenvalue weighted by Crippen LogP contribution is -2.48. The maximum atomic E-state index is 5.93. The normalized spacial score (nSPS) is 27.0. The van der Waals surface area contributed by atoms with Crippen LogP contribution < -0.4 is 5.32 Å². The molecular formula is C10H11Cl2N. The molecule has 3 heteroatoms. The van der Waals surface area contributed by atoms with E-state index in [1.807, 2.05) is 12.1 Å². The van der Waals surface area contributed by atoms with Crippen molar-refractivity contribution in [2.75, 3.05) is 6.54 Å². The van der Waals surface area contributed by atoms with Gasteiger partial charge in [-0.1, -0.05) is 29.3 Å². The minimum Gasteiger partial charge on any atom is -0.313 e. The van der Waals surface area contributed by atoms with Gasteiger partial charge in [0.25, 0.3) is 0 Å². The van der Waals surface area contributed by atoms with Crippen LogP contribution in [0.4, 0.5) is 0 Å². The van der Waals surface area contributed by atoms with Crippen molar-refractivity contribution in [2.24, 2.45) is 0 Å². The van der Waals surface area contributed by atoms with Crippen LogP contribution in [0.2, 0.25) is 10.0 Å². The second kappa shape index (κ2) is 3.49. The largest absolute Gasteiger partial charge is 0.313 e. The third-order valence-electron chi connectivity index (χ3n) is 2.64. The van der Waals surface area contributed by atoms with Gasteiger partial charge in [-0.05, 0) is 24.6 Å². The van der Waals surface area contributed by atoms with Gasteiger partial charge in [-0.2, -0.15) is 0 Å². The molecule has 1 aliphatic heterocycles. The summed E-state index contributed by atoms with van der Waals surface area (Å²) in [4.78, 5) is 0. The standard InChI is InChI=1S/C10H11Cl2N/c1-6-8(5-13-6)7-2-3-9(11)10(12)4-7/h2-4,6,8,13H,5H2,1H3. The van der Waals surface area contributed by atoms with Crippen LogP contribution in [-0.4, -0.2) is 12.6 Å². The number of rotatable bonds is 1. The second-order valence-electron chi connectivity index (χ2n) is 3.48. The summed E-state index contributed by atoms with van der Waals surface area (Å²) in [6, 6.07) is 6.43. The molecule has 70 valence electrons. The molecule has 0 aromatic heterocycles. The van der Waals surface area contributed by atoms with Crippen molar-refractivity contribution < 1.29 is 0 Å². The van der Waals surface area contributed by atoms with E-state index < -0.39 is 0 Å². The molecule has 0 saturated carbocycles. The van der Waals surface area contributed by atoms with Crippen LogP contribution in [-0.2, 0) is 0 Å². The zero-order valence-corrected chi connectivity index (χ0v) is 8.86. The highest BCUT2D eigenvalue weighted by molar-refractivity contribution is 6.42. The van der Waals surface area contributed by atoms with E-state index in [0.717, 1.165) is 6.54 Å². The fraction of sp³-hybridized carbons (Fsp3) is 0.400. The maximum Gasteiger partial charge on any atom is 0.0595 e. The molecule has 1 heterocycles. The molecular weight excluding hydrogens is 205 g/mol. The molecule has 2 rings (SSSR count).